The van der Waals surface area contributed by atoms with E-state index < -0.39 is 41.4 Å². The van der Waals surface area contributed by atoms with Gasteiger partial charge in [0.15, 0.2) is 23.0 Å². The molecule has 0 bridgehead atoms. The van der Waals surface area contributed by atoms with Gasteiger partial charge in [0, 0.05) is 126 Å². The molecule has 5 heterocycles. The Kier molecular flexibility index (Phi) is 26.0. The number of aliphatic imine (C=N–C) groups is 2. The van der Waals surface area contributed by atoms with Crippen LogP contribution in [0.15, 0.2) is 169 Å². The molecule has 5 aliphatic rings. The number of phenolic OH excluding ortho intramolecular Hbond substituents is 2. The Balaban J connectivity index is 0.725. The maximum absolute atomic E-state index is 13.6. The zero-order valence-electron chi connectivity index (χ0n) is 60.6. The molecule has 23 nitrogen and oxygen atoms in total. The molecule has 0 fully saturated rings. The second-order valence-electron chi connectivity index (χ2n) is 27.8. The molecule has 0 saturated heterocycles. The lowest BCUT2D eigenvalue weighted by Gasteiger charge is -2.33. The van der Waals surface area contributed by atoms with E-state index in [0.29, 0.717) is 103 Å². The number of imide groups is 1. The van der Waals surface area contributed by atoms with Crippen molar-refractivity contribution in [1.82, 2.24) is 41.3 Å². The van der Waals surface area contributed by atoms with Crippen molar-refractivity contribution < 1.29 is 53.2 Å². The lowest BCUT2D eigenvalue weighted by Crippen LogP contribution is -2.53. The van der Waals surface area contributed by atoms with Crippen molar-refractivity contribution >= 4 is 107 Å². The lowest BCUT2D eigenvalue weighted by molar-refractivity contribution is -0.137. The number of unbranched alkanes of at least 4 members (excludes halogenated alkanes) is 4. The number of ether oxygens (including phenoxy) is 2. The molecule has 4 unspecified atom stereocenters. The molecule has 4 aromatic carbocycles. The number of allylic oxidation sites excluding steroid dienone is 2. The Morgan fingerprint density at radius 3 is 1.82 bits per heavy atom. The molecule has 0 radical (unpaired) electrons. The van der Waals surface area contributed by atoms with Crippen LogP contribution in [0.4, 0.5) is 22.7 Å². The monoisotopic (exact) mass is 1410 g/mol. The van der Waals surface area contributed by atoms with Gasteiger partial charge in [0.05, 0.1) is 36.7 Å². The van der Waals surface area contributed by atoms with Crippen LogP contribution < -0.4 is 46.7 Å². The minimum atomic E-state index is -0.927. The van der Waals surface area contributed by atoms with Crippen molar-refractivity contribution in [2.24, 2.45) is 21.8 Å². The summed E-state index contributed by atoms with van der Waals surface area (Å²) in [5, 5.41) is 44.1. The fourth-order valence-corrected chi connectivity index (χ4v) is 12.7. The van der Waals surface area contributed by atoms with Gasteiger partial charge < -0.3 is 66.7 Å². The number of fused-ring (bicyclic) bond motifs is 3. The first-order valence-corrected chi connectivity index (χ1v) is 35.6. The van der Waals surface area contributed by atoms with Gasteiger partial charge in [-0.1, -0.05) is 97.7 Å². The summed E-state index contributed by atoms with van der Waals surface area (Å²) < 4.78 is 12.2. The van der Waals surface area contributed by atoms with Gasteiger partial charge in [0.2, 0.25) is 23.6 Å². The van der Waals surface area contributed by atoms with Crippen LogP contribution in [-0.4, -0.2) is 148 Å². The van der Waals surface area contributed by atoms with Crippen LogP contribution in [0.3, 0.4) is 0 Å². The summed E-state index contributed by atoms with van der Waals surface area (Å²) in [6.07, 6.45) is 21.7. The summed E-state index contributed by atoms with van der Waals surface area (Å²) in [4.78, 5) is 104. The Morgan fingerprint density at radius 1 is 0.644 bits per heavy atom. The third kappa shape index (κ3) is 19.9. The zero-order valence-corrected chi connectivity index (χ0v) is 60.6. The summed E-state index contributed by atoms with van der Waals surface area (Å²) in [5.74, 6) is -1.99. The van der Waals surface area contributed by atoms with Gasteiger partial charge in [-0.3, -0.25) is 48.4 Å². The van der Waals surface area contributed by atoms with Crippen molar-refractivity contribution in [2.75, 3.05) is 36.9 Å². The van der Waals surface area contributed by atoms with Crippen LogP contribution >= 0.6 is 0 Å². The molecule has 9 N–H and O–H groups in total. The van der Waals surface area contributed by atoms with Crippen LogP contribution in [-0.2, 0) is 33.6 Å². The van der Waals surface area contributed by atoms with Gasteiger partial charge in [-0.2, -0.15) is 0 Å². The highest BCUT2D eigenvalue weighted by Crippen LogP contribution is 2.47. The van der Waals surface area contributed by atoms with E-state index in [2.05, 4.69) is 89.1 Å². The summed E-state index contributed by atoms with van der Waals surface area (Å²) in [6, 6.07) is 18.9. The average molecular weight is 1410 g/mol. The lowest BCUT2D eigenvalue weighted by atomic mass is 9.74. The van der Waals surface area contributed by atoms with Crippen LogP contribution in [0.25, 0.3) is 22.9 Å². The minimum absolute atomic E-state index is 0.0272. The molecular formula is C80H97BN12O11. The molecule has 7 amide bonds. The number of anilines is 2. The predicted octanol–water partition coefficient (Wildman–Crippen LogP) is 10.6. The summed E-state index contributed by atoms with van der Waals surface area (Å²) >= 11 is 0. The maximum Gasteiger partial charge on any atom is 0.253 e. The number of nitrogens with zero attached hydrogens (tertiary/aromatic N) is 5. The summed E-state index contributed by atoms with van der Waals surface area (Å²) in [7, 11) is 2.09. The summed E-state index contributed by atoms with van der Waals surface area (Å²) in [5.41, 5.74) is 9.65. The molecule has 0 saturated carbocycles. The average Bonchev–Trinajstić information content (AvgIpc) is 1.60. The van der Waals surface area contributed by atoms with E-state index in [-0.39, 0.29) is 90.0 Å². The van der Waals surface area contributed by atoms with Gasteiger partial charge in [-0.05, 0) is 148 Å². The molecule has 104 heavy (non-hydrogen) atoms. The fourth-order valence-electron chi connectivity index (χ4n) is 12.7. The fraction of sp³-hybridized carbons (Fsp3) is 0.362. The number of carbonyl (C=O) groups excluding carboxylic acids is 7. The normalized spacial score (nSPS) is 18.5. The molecule has 24 heteroatoms. The number of carbonyl (C=O) groups is 7. The SMILES string of the molecule is BC12C=Nc3cc(OCCCOc4cc5c(cc4O)/C=C(/c4ccc(NC(=O)[C@H](C)NC(=O)C(NC(=O)CCCCCN6C(=C)C=CC6=O)C(C)C)cc4)CC(NC=C)/C=N\5)c(O)cc3C(=C)N1C=C(c1ccc(NC(=C)C(C)NC(=O)[C@@H](NC(=C)CCCCCN3C(=O)C=CC3=O)C(C)C)cc1)C2. The molecule has 0 aliphatic carbocycles. The Bertz CT molecular complexity index is 4140. The van der Waals surface area contributed by atoms with Crippen LogP contribution in [0, 0.1) is 11.8 Å². The number of nitrogens with one attached hydrogen (secondary N) is 7. The second-order valence-corrected chi connectivity index (χ2v) is 27.8. The van der Waals surface area contributed by atoms with Gasteiger partial charge >= 0.3 is 0 Å². The minimum Gasteiger partial charge on any atom is -0.504 e. The van der Waals surface area contributed by atoms with E-state index in [9.17, 15) is 43.8 Å². The molecule has 4 aromatic rings. The maximum atomic E-state index is 13.6. The topological polar surface area (TPSA) is 297 Å². The van der Waals surface area contributed by atoms with Crippen LogP contribution in [0.5, 0.6) is 23.0 Å². The Labute approximate surface area is 610 Å². The number of rotatable bonds is 36. The van der Waals surface area contributed by atoms with Crippen molar-refractivity contribution in [2.45, 2.75) is 148 Å². The molecule has 6 atom stereocenters. The number of hydrogen-bond acceptors (Lipinski definition) is 17. The van der Waals surface area contributed by atoms with E-state index >= 15 is 0 Å². The number of hydrogen-bond donors (Lipinski definition) is 9. The zero-order chi connectivity index (χ0) is 74.9. The molecule has 0 spiro atoms. The van der Waals surface area contributed by atoms with Gasteiger partial charge in [-0.25, -0.2) is 0 Å². The van der Waals surface area contributed by atoms with Crippen molar-refractivity contribution in [1.29, 1.82) is 0 Å². The quantitative estimate of drug-likeness (QED) is 0.0116. The Morgan fingerprint density at radius 2 is 1.20 bits per heavy atom. The smallest absolute Gasteiger partial charge is 0.253 e. The van der Waals surface area contributed by atoms with Crippen LogP contribution in [0.2, 0.25) is 0 Å². The highest BCUT2D eigenvalue weighted by molar-refractivity contribution is 6.28. The standard InChI is InChI=1S/C80H97BN12O11/c1-12-82-63-39-58(56-23-29-62(30-24-56)89-77(100)54(10)88-79(102)76(49(4)5)90-71(96)21-16-14-17-34-91-51(7)22-31-72(91)97)38-59-40-67(94)69(42-65(59)83-45-63)103-36-19-37-104-70-43-66-64(41-68(70)95)55(11)93-46-60(44-80(93,81)47-84-66)57-25-27-61(28-26-57)86-52(8)53(9)87-78(101)75(48(2)3)85-50(6)20-15-13-18-35-92-73(98)32-33-74(92)99/h12,22-33,38,40-43,45-49,53-54,63,75-76,82,85-86,94-95H,1,6-8,11,13-21,34-37,39,44,81H2,2-5,9-10H3,(H,87,101)(H,88,102)(H,89,100)(H,90,96)/b58-38+,83-45-/t53?,54-,63?,75-,76?,80?/m0/s1. The van der Waals surface area contributed by atoms with E-state index in [1.54, 1.807) is 66.7 Å². The first kappa shape index (κ1) is 77.0. The molecular weight excluding hydrogens is 1320 g/mol. The molecule has 546 valence electrons. The first-order valence-electron chi connectivity index (χ1n) is 35.6. The third-order valence-corrected chi connectivity index (χ3v) is 18.8. The van der Waals surface area contributed by atoms with E-state index in [4.69, 9.17) is 19.5 Å². The van der Waals surface area contributed by atoms with Gasteiger partial charge in [-0.15, -0.1) is 0 Å². The van der Waals surface area contributed by atoms with Crippen molar-refractivity contribution in [3.63, 3.8) is 0 Å². The largest absolute Gasteiger partial charge is 0.504 e. The predicted molar refractivity (Wildman–Crippen MR) is 412 cm³/mol. The second kappa shape index (κ2) is 35.1. The number of amides is 7. The van der Waals surface area contributed by atoms with Crippen molar-refractivity contribution in [3.05, 3.63) is 182 Å². The van der Waals surface area contributed by atoms with E-state index in [1.165, 1.54) is 23.1 Å². The Hall–Kier alpha value is -11.2. The van der Waals surface area contributed by atoms with Gasteiger partial charge in [0.25, 0.3) is 17.7 Å². The van der Waals surface area contributed by atoms with E-state index in [0.717, 1.165) is 52.9 Å². The number of aromatic hydroxyl groups is 2. The van der Waals surface area contributed by atoms with Crippen molar-refractivity contribution in [3.8, 4) is 23.0 Å². The van der Waals surface area contributed by atoms with E-state index in [1.807, 2.05) is 83.3 Å². The molecule has 9 rings (SSSR count). The van der Waals surface area contributed by atoms with Gasteiger partial charge in [0.1, 0.15) is 26.0 Å². The molecule has 0 aromatic heterocycles. The third-order valence-electron chi connectivity index (χ3n) is 18.8. The molecule has 5 aliphatic heterocycles. The first-order chi connectivity index (χ1) is 49.7. The number of benzene rings is 4. The van der Waals surface area contributed by atoms with Crippen LogP contribution in [0.1, 0.15) is 134 Å². The highest BCUT2D eigenvalue weighted by Gasteiger charge is 2.40. The summed E-state index contributed by atoms with van der Waals surface area (Å²) in [6.45, 7) is 32.9. The highest BCUT2D eigenvalue weighted by atomic mass is 16.5. The number of phenols is 2.